The summed E-state index contributed by atoms with van der Waals surface area (Å²) in [6.07, 6.45) is 0. The van der Waals surface area contributed by atoms with Crippen LogP contribution in [-0.4, -0.2) is 10.9 Å². The minimum Gasteiger partial charge on any atom is -0.335 e. The van der Waals surface area contributed by atoms with Crippen LogP contribution in [0, 0.1) is 3.95 Å². The molecule has 1 aromatic heterocycles. The van der Waals surface area contributed by atoms with E-state index in [1.165, 1.54) is 11.3 Å². The van der Waals surface area contributed by atoms with Crippen molar-refractivity contribution < 1.29 is 4.79 Å². The van der Waals surface area contributed by atoms with E-state index in [1.54, 1.807) is 12.1 Å². The Labute approximate surface area is 118 Å². The molecule has 3 rings (SSSR count). The Kier molecular flexibility index (Phi) is 3.15. The number of aromatic nitrogens is 1. The molecule has 94 valence electrons. The van der Waals surface area contributed by atoms with Crippen LogP contribution in [0.15, 0.2) is 48.5 Å². The predicted molar refractivity (Wildman–Crippen MR) is 81.4 cm³/mol. The van der Waals surface area contributed by atoms with E-state index in [-0.39, 0.29) is 5.91 Å². The zero-order valence-corrected chi connectivity index (χ0v) is 11.5. The van der Waals surface area contributed by atoms with Crippen LogP contribution in [-0.2, 0) is 0 Å². The van der Waals surface area contributed by atoms with Crippen LogP contribution in [0.1, 0.15) is 10.4 Å². The maximum atomic E-state index is 12.1. The van der Waals surface area contributed by atoms with E-state index in [0.29, 0.717) is 9.52 Å². The van der Waals surface area contributed by atoms with Crippen molar-refractivity contribution in [2.75, 3.05) is 5.32 Å². The second kappa shape index (κ2) is 4.95. The van der Waals surface area contributed by atoms with Crippen LogP contribution >= 0.6 is 23.6 Å². The lowest BCUT2D eigenvalue weighted by molar-refractivity contribution is 0.102. The van der Waals surface area contributed by atoms with Gasteiger partial charge in [0.2, 0.25) is 0 Å². The lowest BCUT2D eigenvalue weighted by Crippen LogP contribution is -2.11. The molecule has 2 N–H and O–H groups in total. The fraction of sp³-hybridized carbons (Fsp3) is 0. The predicted octanol–water partition coefficient (Wildman–Crippen LogP) is 4.21. The van der Waals surface area contributed by atoms with Crippen LogP contribution in [0.25, 0.3) is 10.2 Å². The van der Waals surface area contributed by atoms with Crippen LogP contribution in [0.2, 0.25) is 0 Å². The monoisotopic (exact) mass is 286 g/mol. The molecule has 5 heteroatoms. The van der Waals surface area contributed by atoms with E-state index in [4.69, 9.17) is 12.2 Å². The highest BCUT2D eigenvalue weighted by Crippen LogP contribution is 2.26. The first kappa shape index (κ1) is 12.1. The van der Waals surface area contributed by atoms with Gasteiger partial charge in [0.25, 0.3) is 5.91 Å². The first-order chi connectivity index (χ1) is 9.24. The second-order valence-corrected chi connectivity index (χ2v) is 5.73. The Morgan fingerprint density at radius 2 is 1.89 bits per heavy atom. The van der Waals surface area contributed by atoms with Gasteiger partial charge >= 0.3 is 0 Å². The number of para-hydroxylation sites is 1. The lowest BCUT2D eigenvalue weighted by atomic mass is 10.2. The second-order valence-electron chi connectivity index (χ2n) is 4.01. The summed E-state index contributed by atoms with van der Waals surface area (Å²) in [5.74, 6) is -0.126. The number of hydrogen-bond donors (Lipinski definition) is 2. The van der Waals surface area contributed by atoms with Gasteiger partial charge in [0.1, 0.15) is 0 Å². The molecule has 0 bridgehead atoms. The number of fused-ring (bicyclic) bond motifs is 1. The Bertz CT molecular complexity index is 790. The first-order valence-corrected chi connectivity index (χ1v) is 6.95. The van der Waals surface area contributed by atoms with E-state index in [9.17, 15) is 4.79 Å². The molecule has 0 saturated carbocycles. The molecule has 1 amide bonds. The molecule has 0 unspecified atom stereocenters. The average Bonchev–Trinajstić information content (AvgIpc) is 2.81. The van der Waals surface area contributed by atoms with Crippen molar-refractivity contribution in [2.24, 2.45) is 0 Å². The molecule has 3 aromatic rings. The molecule has 2 aromatic carbocycles. The van der Waals surface area contributed by atoms with Crippen molar-refractivity contribution in [2.45, 2.75) is 0 Å². The zero-order chi connectivity index (χ0) is 13.2. The van der Waals surface area contributed by atoms with Crippen LogP contribution in [0.3, 0.4) is 0 Å². The largest absolute Gasteiger partial charge is 0.335 e. The fourth-order valence-electron chi connectivity index (χ4n) is 1.86. The van der Waals surface area contributed by atoms with Crippen molar-refractivity contribution >= 4 is 45.4 Å². The third-order valence-corrected chi connectivity index (χ3v) is 3.94. The maximum absolute atomic E-state index is 12.1. The molecular formula is C14H10N2OS2. The van der Waals surface area contributed by atoms with Crippen molar-refractivity contribution in [3.63, 3.8) is 0 Å². The summed E-state index contributed by atoms with van der Waals surface area (Å²) in [6, 6.07) is 14.9. The summed E-state index contributed by atoms with van der Waals surface area (Å²) in [7, 11) is 0. The summed E-state index contributed by atoms with van der Waals surface area (Å²) < 4.78 is 1.74. The van der Waals surface area contributed by atoms with Gasteiger partial charge in [0, 0.05) is 5.56 Å². The van der Waals surface area contributed by atoms with Crippen LogP contribution in [0.5, 0.6) is 0 Å². The Hall–Kier alpha value is -1.98. The molecule has 1 heterocycles. The quantitative estimate of drug-likeness (QED) is 0.693. The van der Waals surface area contributed by atoms with Gasteiger partial charge in [-0.3, -0.25) is 4.79 Å². The molecule has 0 radical (unpaired) electrons. The summed E-state index contributed by atoms with van der Waals surface area (Å²) in [4.78, 5) is 15.2. The van der Waals surface area contributed by atoms with E-state index in [1.807, 2.05) is 36.4 Å². The molecule has 0 aliphatic heterocycles. The molecule has 3 nitrogen and oxygen atoms in total. The van der Waals surface area contributed by atoms with Gasteiger partial charge in [-0.25, -0.2) is 0 Å². The number of benzene rings is 2. The van der Waals surface area contributed by atoms with Crippen LogP contribution < -0.4 is 5.32 Å². The summed E-state index contributed by atoms with van der Waals surface area (Å²) in [5, 5.41) is 2.90. The summed E-state index contributed by atoms with van der Waals surface area (Å²) in [6.45, 7) is 0. The number of H-pyrrole nitrogens is 1. The Balaban J connectivity index is 1.98. The molecule has 19 heavy (non-hydrogen) atoms. The SMILES string of the molecule is O=C(Nc1cccc2sc(=S)[nH]c12)c1ccccc1. The van der Waals surface area contributed by atoms with Gasteiger partial charge in [-0.15, -0.1) is 11.3 Å². The lowest BCUT2D eigenvalue weighted by Gasteiger charge is -2.06. The number of hydrogen-bond acceptors (Lipinski definition) is 3. The smallest absolute Gasteiger partial charge is 0.255 e. The van der Waals surface area contributed by atoms with Gasteiger partial charge in [0.15, 0.2) is 3.95 Å². The van der Waals surface area contributed by atoms with E-state index in [0.717, 1.165) is 15.9 Å². The number of rotatable bonds is 2. The molecule has 0 fully saturated rings. The minimum atomic E-state index is -0.126. The number of anilines is 1. The highest BCUT2D eigenvalue weighted by Gasteiger charge is 2.08. The average molecular weight is 286 g/mol. The number of carbonyl (C=O) groups is 1. The fourth-order valence-corrected chi connectivity index (χ4v) is 2.99. The molecule has 0 aliphatic carbocycles. The highest BCUT2D eigenvalue weighted by atomic mass is 32.1. The van der Waals surface area contributed by atoms with Gasteiger partial charge in [0.05, 0.1) is 15.9 Å². The number of aromatic amines is 1. The van der Waals surface area contributed by atoms with E-state index < -0.39 is 0 Å². The maximum Gasteiger partial charge on any atom is 0.255 e. The Morgan fingerprint density at radius 3 is 2.68 bits per heavy atom. The summed E-state index contributed by atoms with van der Waals surface area (Å²) in [5.41, 5.74) is 2.26. The normalized spacial score (nSPS) is 10.5. The third-order valence-electron chi connectivity index (χ3n) is 2.74. The van der Waals surface area contributed by atoms with Crippen molar-refractivity contribution in [1.82, 2.24) is 4.98 Å². The number of thiazole rings is 1. The van der Waals surface area contributed by atoms with Crippen molar-refractivity contribution in [3.8, 4) is 0 Å². The Morgan fingerprint density at radius 1 is 1.11 bits per heavy atom. The third kappa shape index (κ3) is 2.43. The van der Waals surface area contributed by atoms with Crippen LogP contribution in [0.4, 0.5) is 5.69 Å². The number of nitrogens with one attached hydrogen (secondary N) is 2. The van der Waals surface area contributed by atoms with Gasteiger partial charge < -0.3 is 10.3 Å². The number of carbonyl (C=O) groups excluding carboxylic acids is 1. The number of amides is 1. The molecular weight excluding hydrogens is 276 g/mol. The standard InChI is InChI=1S/C14H10N2OS2/c17-13(9-5-2-1-3-6-9)15-10-7-4-8-11-12(10)16-14(18)19-11/h1-8H,(H,15,17)(H,16,18). The molecule has 0 spiro atoms. The minimum absolute atomic E-state index is 0.126. The van der Waals surface area contributed by atoms with E-state index >= 15 is 0 Å². The topological polar surface area (TPSA) is 44.9 Å². The van der Waals surface area contributed by atoms with Gasteiger partial charge in [-0.05, 0) is 36.5 Å². The molecule has 0 aliphatic rings. The van der Waals surface area contributed by atoms with Crippen molar-refractivity contribution in [3.05, 3.63) is 58.0 Å². The van der Waals surface area contributed by atoms with E-state index in [2.05, 4.69) is 10.3 Å². The molecule has 0 saturated heterocycles. The summed E-state index contributed by atoms with van der Waals surface area (Å²) >= 11 is 6.63. The molecule has 0 atom stereocenters. The van der Waals surface area contributed by atoms with Gasteiger partial charge in [-0.2, -0.15) is 0 Å². The zero-order valence-electron chi connectivity index (χ0n) is 9.84. The van der Waals surface area contributed by atoms with Gasteiger partial charge in [-0.1, -0.05) is 24.3 Å². The highest BCUT2D eigenvalue weighted by molar-refractivity contribution is 7.73. The van der Waals surface area contributed by atoms with Crippen molar-refractivity contribution in [1.29, 1.82) is 0 Å². The first-order valence-electron chi connectivity index (χ1n) is 5.72.